The normalized spacial score (nSPS) is 17.0. The molecule has 7 heteroatoms. The van der Waals surface area contributed by atoms with Crippen molar-refractivity contribution in [2.45, 2.75) is 0 Å². The fourth-order valence-electron chi connectivity index (χ4n) is 2.93. The molecular formula is C18H23ClN6. The molecule has 0 atom stereocenters. The molecule has 1 saturated heterocycles. The second-order valence-corrected chi connectivity index (χ2v) is 6.69. The molecule has 0 radical (unpaired) electrons. The SMILES string of the molecule is CN/C=C(\C(=N)CN1CCN(C)CC1)c1cnc2ccc(Cl)nc2c1. The number of rotatable bonds is 5. The summed E-state index contributed by atoms with van der Waals surface area (Å²) < 4.78 is 0. The van der Waals surface area contributed by atoms with E-state index in [1.54, 1.807) is 12.3 Å². The lowest BCUT2D eigenvalue weighted by Crippen LogP contribution is -2.46. The summed E-state index contributed by atoms with van der Waals surface area (Å²) in [6.07, 6.45) is 3.64. The van der Waals surface area contributed by atoms with Gasteiger partial charge >= 0.3 is 0 Å². The zero-order valence-corrected chi connectivity index (χ0v) is 15.3. The fourth-order valence-corrected chi connectivity index (χ4v) is 3.09. The summed E-state index contributed by atoms with van der Waals surface area (Å²) in [6, 6.07) is 5.53. The zero-order valence-electron chi connectivity index (χ0n) is 14.6. The fraction of sp³-hybridized carbons (Fsp3) is 0.389. The van der Waals surface area contributed by atoms with Gasteiger partial charge in [-0.1, -0.05) is 11.6 Å². The van der Waals surface area contributed by atoms with Gasteiger partial charge in [-0.2, -0.15) is 0 Å². The average molecular weight is 359 g/mol. The molecule has 3 rings (SSSR count). The minimum absolute atomic E-state index is 0.443. The van der Waals surface area contributed by atoms with Crippen LogP contribution in [0.2, 0.25) is 5.15 Å². The number of fused-ring (bicyclic) bond motifs is 1. The van der Waals surface area contributed by atoms with E-state index < -0.39 is 0 Å². The predicted octanol–water partition coefficient (Wildman–Crippen LogP) is 2.11. The first-order chi connectivity index (χ1) is 12.1. The number of piperazine rings is 1. The van der Waals surface area contributed by atoms with Gasteiger partial charge in [0.05, 0.1) is 16.7 Å². The van der Waals surface area contributed by atoms with Gasteiger partial charge in [-0.05, 0) is 25.2 Å². The van der Waals surface area contributed by atoms with E-state index in [-0.39, 0.29) is 0 Å². The summed E-state index contributed by atoms with van der Waals surface area (Å²) in [5.74, 6) is 0. The van der Waals surface area contributed by atoms with Gasteiger partial charge < -0.3 is 15.6 Å². The Balaban J connectivity index is 1.83. The third-order valence-electron chi connectivity index (χ3n) is 4.41. The van der Waals surface area contributed by atoms with E-state index in [2.05, 4.69) is 32.1 Å². The topological polar surface area (TPSA) is 68.1 Å². The second-order valence-electron chi connectivity index (χ2n) is 6.30. The van der Waals surface area contributed by atoms with Gasteiger partial charge in [-0.3, -0.25) is 9.88 Å². The quantitative estimate of drug-likeness (QED) is 0.633. The lowest BCUT2D eigenvalue weighted by molar-refractivity contribution is 0.170. The van der Waals surface area contributed by atoms with Gasteiger partial charge in [0.25, 0.3) is 0 Å². The molecule has 0 saturated carbocycles. The van der Waals surface area contributed by atoms with Crippen LogP contribution in [0.1, 0.15) is 5.56 Å². The maximum Gasteiger partial charge on any atom is 0.129 e. The Labute approximate surface area is 153 Å². The van der Waals surface area contributed by atoms with Gasteiger partial charge in [0.15, 0.2) is 0 Å². The molecule has 0 amide bonds. The molecule has 25 heavy (non-hydrogen) atoms. The Kier molecular flexibility index (Phi) is 5.63. The summed E-state index contributed by atoms with van der Waals surface area (Å²) in [4.78, 5) is 13.4. The molecule has 2 aromatic heterocycles. The van der Waals surface area contributed by atoms with Gasteiger partial charge in [-0.25, -0.2) is 4.98 Å². The third kappa shape index (κ3) is 4.34. The summed E-state index contributed by atoms with van der Waals surface area (Å²) in [5.41, 5.74) is 3.80. The molecule has 2 aromatic rings. The van der Waals surface area contributed by atoms with Crippen LogP contribution in [0.3, 0.4) is 0 Å². The monoisotopic (exact) mass is 358 g/mol. The maximum absolute atomic E-state index is 8.59. The van der Waals surface area contributed by atoms with Crippen LogP contribution >= 0.6 is 11.6 Å². The molecule has 0 spiro atoms. The lowest BCUT2D eigenvalue weighted by atomic mass is 10.0. The van der Waals surface area contributed by atoms with Crippen molar-refractivity contribution in [1.29, 1.82) is 5.41 Å². The lowest BCUT2D eigenvalue weighted by Gasteiger charge is -2.32. The first-order valence-corrected chi connectivity index (χ1v) is 8.73. The van der Waals surface area contributed by atoms with Crippen molar-refractivity contribution >= 4 is 33.9 Å². The molecule has 132 valence electrons. The Morgan fingerprint density at radius 2 is 2.04 bits per heavy atom. The number of hydrogen-bond acceptors (Lipinski definition) is 6. The largest absolute Gasteiger partial charge is 0.393 e. The second kappa shape index (κ2) is 7.91. The number of aromatic nitrogens is 2. The molecule has 0 aliphatic carbocycles. The third-order valence-corrected chi connectivity index (χ3v) is 4.62. The van der Waals surface area contributed by atoms with Crippen molar-refractivity contribution in [3.8, 4) is 0 Å². The number of likely N-dealkylation sites (N-methyl/N-ethyl adjacent to an activating group) is 1. The van der Waals surface area contributed by atoms with Crippen molar-refractivity contribution in [2.24, 2.45) is 0 Å². The smallest absolute Gasteiger partial charge is 0.129 e. The number of pyridine rings is 2. The zero-order chi connectivity index (χ0) is 17.8. The van der Waals surface area contributed by atoms with Crippen LogP contribution in [0.4, 0.5) is 0 Å². The predicted molar refractivity (Wildman–Crippen MR) is 103 cm³/mol. The highest BCUT2D eigenvalue weighted by atomic mass is 35.5. The molecule has 3 heterocycles. The van der Waals surface area contributed by atoms with E-state index in [4.69, 9.17) is 17.0 Å². The molecule has 1 fully saturated rings. The van der Waals surface area contributed by atoms with Crippen molar-refractivity contribution in [1.82, 2.24) is 25.1 Å². The van der Waals surface area contributed by atoms with Crippen LogP contribution in [0.5, 0.6) is 0 Å². The van der Waals surface area contributed by atoms with Crippen molar-refractivity contribution < 1.29 is 0 Å². The molecule has 0 bridgehead atoms. The molecule has 0 aromatic carbocycles. The Bertz CT molecular complexity index is 795. The van der Waals surface area contributed by atoms with Crippen LogP contribution in [-0.2, 0) is 0 Å². The van der Waals surface area contributed by atoms with Gasteiger partial charge in [0.1, 0.15) is 5.15 Å². The van der Waals surface area contributed by atoms with Crippen LogP contribution in [0, 0.1) is 5.41 Å². The number of nitrogens with zero attached hydrogens (tertiary/aromatic N) is 4. The highest BCUT2D eigenvalue weighted by Crippen LogP contribution is 2.21. The van der Waals surface area contributed by atoms with Crippen molar-refractivity contribution in [3.63, 3.8) is 0 Å². The number of hydrogen-bond donors (Lipinski definition) is 2. The van der Waals surface area contributed by atoms with E-state index in [1.807, 2.05) is 25.4 Å². The summed E-state index contributed by atoms with van der Waals surface area (Å²) in [5, 5.41) is 12.1. The molecule has 2 N–H and O–H groups in total. The van der Waals surface area contributed by atoms with E-state index in [0.29, 0.717) is 17.4 Å². The number of nitrogens with one attached hydrogen (secondary N) is 2. The Morgan fingerprint density at radius 1 is 1.28 bits per heavy atom. The Morgan fingerprint density at radius 3 is 2.76 bits per heavy atom. The van der Waals surface area contributed by atoms with Crippen LogP contribution < -0.4 is 5.32 Å². The van der Waals surface area contributed by atoms with E-state index in [0.717, 1.165) is 48.3 Å². The van der Waals surface area contributed by atoms with Gasteiger partial charge in [0.2, 0.25) is 0 Å². The van der Waals surface area contributed by atoms with E-state index in [9.17, 15) is 0 Å². The first-order valence-electron chi connectivity index (χ1n) is 8.35. The van der Waals surface area contributed by atoms with Gasteiger partial charge in [-0.15, -0.1) is 0 Å². The minimum Gasteiger partial charge on any atom is -0.393 e. The molecule has 1 aliphatic heterocycles. The van der Waals surface area contributed by atoms with Gasteiger partial charge in [0, 0.05) is 63.3 Å². The first kappa shape index (κ1) is 17.8. The van der Waals surface area contributed by atoms with Crippen LogP contribution in [-0.4, -0.2) is 72.3 Å². The molecular weight excluding hydrogens is 336 g/mol. The summed E-state index contributed by atoms with van der Waals surface area (Å²) in [6.45, 7) is 4.68. The Hall–Kier alpha value is -2.02. The summed E-state index contributed by atoms with van der Waals surface area (Å²) in [7, 11) is 3.97. The standard InChI is InChI=1S/C18H23ClN6/c1-21-11-14(15(20)12-25-7-5-24(2)6-8-25)13-9-17-16(22-10-13)3-4-18(19)23-17/h3-4,9-11,20-21H,5-8,12H2,1-2H3/b14-11-,20-15?. The van der Waals surface area contributed by atoms with E-state index in [1.165, 1.54) is 0 Å². The van der Waals surface area contributed by atoms with Crippen LogP contribution in [0.25, 0.3) is 16.6 Å². The molecule has 0 unspecified atom stereocenters. The molecule has 1 aliphatic rings. The maximum atomic E-state index is 8.59. The van der Waals surface area contributed by atoms with Crippen molar-refractivity contribution in [2.75, 3.05) is 46.8 Å². The molecule has 6 nitrogen and oxygen atoms in total. The highest BCUT2D eigenvalue weighted by molar-refractivity contribution is 6.29. The minimum atomic E-state index is 0.443. The van der Waals surface area contributed by atoms with Crippen molar-refractivity contribution in [3.05, 3.63) is 41.3 Å². The average Bonchev–Trinajstić information content (AvgIpc) is 2.61. The van der Waals surface area contributed by atoms with Crippen LogP contribution in [0.15, 0.2) is 30.6 Å². The van der Waals surface area contributed by atoms with E-state index >= 15 is 0 Å². The summed E-state index contributed by atoms with van der Waals surface area (Å²) >= 11 is 6.00. The highest BCUT2D eigenvalue weighted by Gasteiger charge is 2.18. The number of halogens is 1.